The van der Waals surface area contributed by atoms with Gasteiger partial charge < -0.3 is 10.4 Å². The van der Waals surface area contributed by atoms with E-state index in [-0.39, 0.29) is 6.42 Å². The van der Waals surface area contributed by atoms with Crippen LogP contribution in [0, 0.1) is 6.92 Å². The quantitative estimate of drug-likeness (QED) is 0.518. The molecule has 7 heteroatoms. The first-order valence-electron chi connectivity index (χ1n) is 9.51. The molecule has 1 amide bonds. The zero-order valence-corrected chi connectivity index (χ0v) is 16.3. The highest BCUT2D eigenvalue weighted by atomic mass is 16.4. The van der Waals surface area contributed by atoms with Crippen LogP contribution in [0.2, 0.25) is 0 Å². The van der Waals surface area contributed by atoms with Gasteiger partial charge in [0.05, 0.1) is 23.0 Å². The predicted molar refractivity (Wildman–Crippen MR) is 113 cm³/mol. The standard InChI is InChI=1S/C23H20N4O3/c1-15-18(22(28)26-20(23(29)30)13-16-7-3-2-4-8-16)14-24-27(15)21-12-11-17-9-5-6-10-19(17)25-21/h2-12,14,20H,13H2,1H3,(H,26,28)(H,29,30). The number of nitrogens with one attached hydrogen (secondary N) is 1. The van der Waals surface area contributed by atoms with E-state index < -0.39 is 17.9 Å². The third kappa shape index (κ3) is 3.91. The van der Waals surface area contributed by atoms with Crippen LogP contribution < -0.4 is 5.32 Å². The van der Waals surface area contributed by atoms with Gasteiger partial charge in [0, 0.05) is 11.8 Å². The Labute approximate surface area is 173 Å². The topological polar surface area (TPSA) is 97.1 Å². The summed E-state index contributed by atoms with van der Waals surface area (Å²) in [6.07, 6.45) is 1.63. The fourth-order valence-corrected chi connectivity index (χ4v) is 3.32. The van der Waals surface area contributed by atoms with Crippen molar-refractivity contribution in [1.29, 1.82) is 0 Å². The van der Waals surface area contributed by atoms with Crippen LogP contribution >= 0.6 is 0 Å². The summed E-state index contributed by atoms with van der Waals surface area (Å²) in [5.74, 6) is -0.986. The lowest BCUT2D eigenvalue weighted by Crippen LogP contribution is -2.42. The van der Waals surface area contributed by atoms with Crippen molar-refractivity contribution in [2.24, 2.45) is 0 Å². The molecule has 2 heterocycles. The molecule has 0 radical (unpaired) electrons. The Balaban J connectivity index is 1.57. The number of benzene rings is 2. The first-order valence-corrected chi connectivity index (χ1v) is 9.51. The van der Waals surface area contributed by atoms with E-state index in [1.807, 2.05) is 66.7 Å². The summed E-state index contributed by atoms with van der Waals surface area (Å²) in [7, 11) is 0. The molecule has 2 aromatic carbocycles. The average Bonchev–Trinajstić information content (AvgIpc) is 3.15. The van der Waals surface area contributed by atoms with Crippen molar-refractivity contribution in [3.8, 4) is 5.82 Å². The Bertz CT molecular complexity index is 1220. The second kappa shape index (κ2) is 8.16. The van der Waals surface area contributed by atoms with E-state index in [1.54, 1.807) is 11.6 Å². The van der Waals surface area contributed by atoms with Crippen molar-refractivity contribution in [2.75, 3.05) is 0 Å². The molecule has 4 rings (SSSR count). The molecule has 0 saturated heterocycles. The van der Waals surface area contributed by atoms with Crippen LogP contribution in [0.15, 0.2) is 72.9 Å². The van der Waals surface area contributed by atoms with Crippen LogP contribution in [0.1, 0.15) is 21.6 Å². The van der Waals surface area contributed by atoms with Gasteiger partial charge >= 0.3 is 5.97 Å². The van der Waals surface area contributed by atoms with Crippen LogP contribution in [0.25, 0.3) is 16.7 Å². The number of fused-ring (bicyclic) bond motifs is 1. The highest BCUT2D eigenvalue weighted by Gasteiger charge is 2.23. The molecule has 0 fully saturated rings. The van der Waals surface area contributed by atoms with E-state index in [0.29, 0.717) is 17.1 Å². The molecule has 0 bridgehead atoms. The SMILES string of the molecule is Cc1c(C(=O)NC(Cc2ccccc2)C(=O)O)cnn1-c1ccc2ccccc2n1. The van der Waals surface area contributed by atoms with Gasteiger partial charge in [-0.25, -0.2) is 14.5 Å². The molecule has 0 aliphatic rings. The first kappa shape index (κ1) is 19.3. The molecular formula is C23H20N4O3. The van der Waals surface area contributed by atoms with Crippen LogP contribution in [0.5, 0.6) is 0 Å². The fraction of sp³-hybridized carbons (Fsp3) is 0.130. The third-order valence-electron chi connectivity index (χ3n) is 4.94. The second-order valence-corrected chi connectivity index (χ2v) is 6.97. The fourth-order valence-electron chi connectivity index (χ4n) is 3.32. The number of aromatic nitrogens is 3. The predicted octanol–water partition coefficient (Wildman–Crippen LogP) is 3.15. The normalized spacial score (nSPS) is 11.9. The number of amides is 1. The summed E-state index contributed by atoms with van der Waals surface area (Å²) in [6, 6.07) is 19.7. The third-order valence-corrected chi connectivity index (χ3v) is 4.94. The van der Waals surface area contributed by atoms with Gasteiger partial charge in [0.25, 0.3) is 5.91 Å². The minimum Gasteiger partial charge on any atom is -0.480 e. The lowest BCUT2D eigenvalue weighted by atomic mass is 10.1. The largest absolute Gasteiger partial charge is 0.480 e. The van der Waals surface area contributed by atoms with E-state index in [2.05, 4.69) is 15.4 Å². The van der Waals surface area contributed by atoms with Gasteiger partial charge in [0.1, 0.15) is 6.04 Å². The zero-order valence-electron chi connectivity index (χ0n) is 16.3. The number of nitrogens with zero attached hydrogens (tertiary/aromatic N) is 3. The van der Waals surface area contributed by atoms with E-state index in [0.717, 1.165) is 16.5 Å². The molecule has 7 nitrogen and oxygen atoms in total. The number of hydrogen-bond donors (Lipinski definition) is 2. The zero-order chi connectivity index (χ0) is 21.1. The number of pyridine rings is 1. The molecule has 0 aliphatic heterocycles. The number of hydrogen-bond acceptors (Lipinski definition) is 4. The molecule has 30 heavy (non-hydrogen) atoms. The van der Waals surface area contributed by atoms with E-state index >= 15 is 0 Å². The first-order chi connectivity index (χ1) is 14.5. The smallest absolute Gasteiger partial charge is 0.326 e. The molecule has 1 unspecified atom stereocenters. The number of carboxylic acids is 1. The van der Waals surface area contributed by atoms with Crippen LogP contribution in [0.4, 0.5) is 0 Å². The van der Waals surface area contributed by atoms with Gasteiger partial charge in [0.15, 0.2) is 5.82 Å². The summed E-state index contributed by atoms with van der Waals surface area (Å²) in [4.78, 5) is 29.0. The highest BCUT2D eigenvalue weighted by molar-refractivity contribution is 5.97. The van der Waals surface area contributed by atoms with Crippen LogP contribution in [0.3, 0.4) is 0 Å². The van der Waals surface area contributed by atoms with Crippen molar-refractivity contribution in [2.45, 2.75) is 19.4 Å². The molecular weight excluding hydrogens is 380 g/mol. The van der Waals surface area contributed by atoms with Crippen molar-refractivity contribution in [1.82, 2.24) is 20.1 Å². The Morgan fingerprint density at radius 3 is 2.53 bits per heavy atom. The Kier molecular flexibility index (Phi) is 5.26. The Morgan fingerprint density at radius 1 is 1.03 bits per heavy atom. The summed E-state index contributed by atoms with van der Waals surface area (Å²) in [5.41, 5.74) is 2.55. The number of carbonyl (C=O) groups excluding carboxylic acids is 1. The summed E-state index contributed by atoms with van der Waals surface area (Å²) < 4.78 is 1.58. The van der Waals surface area contributed by atoms with E-state index in [1.165, 1.54) is 6.20 Å². The average molecular weight is 400 g/mol. The molecule has 2 N–H and O–H groups in total. The second-order valence-electron chi connectivity index (χ2n) is 6.97. The van der Waals surface area contributed by atoms with Gasteiger partial charge in [-0.2, -0.15) is 5.10 Å². The minimum absolute atomic E-state index is 0.196. The number of carboxylic acid groups (broad SMARTS) is 1. The number of rotatable bonds is 6. The summed E-state index contributed by atoms with van der Waals surface area (Å²) in [5, 5.41) is 17.4. The van der Waals surface area contributed by atoms with E-state index in [4.69, 9.17) is 0 Å². The Hall–Kier alpha value is -4.00. The minimum atomic E-state index is -1.09. The maximum Gasteiger partial charge on any atom is 0.326 e. The summed E-state index contributed by atoms with van der Waals surface area (Å²) >= 11 is 0. The molecule has 0 saturated carbocycles. The molecule has 1 atom stereocenters. The van der Waals surface area contributed by atoms with Gasteiger partial charge in [0.2, 0.25) is 0 Å². The Morgan fingerprint density at radius 2 is 1.77 bits per heavy atom. The van der Waals surface area contributed by atoms with Crippen molar-refractivity contribution >= 4 is 22.8 Å². The number of carbonyl (C=O) groups is 2. The number of para-hydroxylation sites is 1. The van der Waals surface area contributed by atoms with Crippen molar-refractivity contribution in [3.63, 3.8) is 0 Å². The van der Waals surface area contributed by atoms with Gasteiger partial charge in [-0.15, -0.1) is 0 Å². The van der Waals surface area contributed by atoms with E-state index in [9.17, 15) is 14.7 Å². The van der Waals surface area contributed by atoms with Crippen LogP contribution in [-0.4, -0.2) is 37.8 Å². The lowest BCUT2D eigenvalue weighted by molar-refractivity contribution is -0.139. The molecule has 4 aromatic rings. The molecule has 150 valence electrons. The highest BCUT2D eigenvalue weighted by Crippen LogP contribution is 2.17. The van der Waals surface area contributed by atoms with Gasteiger partial charge in [-0.1, -0.05) is 48.5 Å². The lowest BCUT2D eigenvalue weighted by Gasteiger charge is -2.14. The van der Waals surface area contributed by atoms with Gasteiger partial charge in [-0.3, -0.25) is 4.79 Å². The molecule has 0 aliphatic carbocycles. The van der Waals surface area contributed by atoms with Crippen LogP contribution in [-0.2, 0) is 11.2 Å². The monoisotopic (exact) mass is 400 g/mol. The maximum absolute atomic E-state index is 12.8. The summed E-state index contributed by atoms with van der Waals surface area (Å²) in [6.45, 7) is 1.76. The maximum atomic E-state index is 12.8. The van der Waals surface area contributed by atoms with Gasteiger partial charge in [-0.05, 0) is 30.7 Å². The van der Waals surface area contributed by atoms with Crippen molar-refractivity contribution in [3.05, 3.63) is 89.7 Å². The molecule has 2 aromatic heterocycles. The number of aliphatic carboxylic acids is 1. The molecule has 0 spiro atoms. The van der Waals surface area contributed by atoms with Crippen molar-refractivity contribution < 1.29 is 14.7 Å².